The topological polar surface area (TPSA) is 46.6 Å². The Hall–Kier alpha value is -3.59. The van der Waals surface area contributed by atoms with Crippen molar-refractivity contribution < 1.29 is 31.9 Å². The fraction of sp³-hybridized carbons (Fsp3) is 0.0435. The molecular weight excluding hydrogens is 446 g/mol. The number of rotatable bonds is 5. The number of nitrogens with zero attached hydrogens (tertiary/aromatic N) is 1. The van der Waals surface area contributed by atoms with Crippen LogP contribution in [0.3, 0.4) is 0 Å². The smallest absolute Gasteiger partial charge is 0.406 e. The first-order valence-corrected chi connectivity index (χ1v) is 10.0. The van der Waals surface area contributed by atoms with Gasteiger partial charge in [0, 0.05) is 11.0 Å². The molecule has 1 aliphatic heterocycles. The van der Waals surface area contributed by atoms with E-state index in [9.17, 15) is 27.2 Å². The summed E-state index contributed by atoms with van der Waals surface area (Å²) < 4.78 is 55.2. The van der Waals surface area contributed by atoms with Gasteiger partial charge in [0.25, 0.3) is 11.8 Å². The predicted molar refractivity (Wildman–Crippen MR) is 111 cm³/mol. The number of carbonyl (C=O) groups is 2. The monoisotopic (exact) mass is 459 g/mol. The summed E-state index contributed by atoms with van der Waals surface area (Å²) in [7, 11) is 0. The number of benzene rings is 3. The Labute approximate surface area is 184 Å². The number of anilines is 1. The van der Waals surface area contributed by atoms with Gasteiger partial charge in [-0.1, -0.05) is 48.2 Å². The van der Waals surface area contributed by atoms with Crippen LogP contribution in [0.15, 0.2) is 88.7 Å². The third kappa shape index (κ3) is 4.52. The summed E-state index contributed by atoms with van der Waals surface area (Å²) in [6, 6.07) is 18.5. The lowest BCUT2D eigenvalue weighted by Crippen LogP contribution is -2.31. The molecule has 32 heavy (non-hydrogen) atoms. The minimum Gasteiger partial charge on any atom is -0.406 e. The number of imide groups is 1. The van der Waals surface area contributed by atoms with Crippen LogP contribution in [0, 0.1) is 5.82 Å². The van der Waals surface area contributed by atoms with Crippen LogP contribution in [-0.4, -0.2) is 18.2 Å². The molecule has 0 N–H and O–H groups in total. The minimum atomic E-state index is -4.93. The van der Waals surface area contributed by atoms with Gasteiger partial charge in [-0.15, -0.1) is 13.2 Å². The molecule has 0 saturated heterocycles. The minimum absolute atomic E-state index is 0.0333. The van der Waals surface area contributed by atoms with E-state index in [-0.39, 0.29) is 16.2 Å². The van der Waals surface area contributed by atoms with Gasteiger partial charge in [-0.25, -0.2) is 9.29 Å². The zero-order chi connectivity index (χ0) is 22.9. The number of ether oxygens (including phenoxy) is 1. The predicted octanol–water partition coefficient (Wildman–Crippen LogP) is 5.80. The van der Waals surface area contributed by atoms with Crippen molar-refractivity contribution in [3.63, 3.8) is 0 Å². The Balaban J connectivity index is 1.77. The lowest BCUT2D eigenvalue weighted by Gasteiger charge is -2.17. The highest BCUT2D eigenvalue weighted by Gasteiger charge is 2.41. The molecule has 0 fully saturated rings. The SMILES string of the molecule is O=C1C(Sc2ccccc2)=C(c2ccc(F)cc2)C(=O)N1c1cccc(OC(F)(F)F)c1. The van der Waals surface area contributed by atoms with Crippen LogP contribution >= 0.6 is 11.8 Å². The fourth-order valence-electron chi connectivity index (χ4n) is 3.14. The summed E-state index contributed by atoms with van der Waals surface area (Å²) in [5.41, 5.74) is 0.268. The molecule has 0 aliphatic carbocycles. The third-order valence-corrected chi connectivity index (χ3v) is 5.54. The summed E-state index contributed by atoms with van der Waals surface area (Å²) in [5, 5.41) is 0. The molecule has 1 heterocycles. The lowest BCUT2D eigenvalue weighted by molar-refractivity contribution is -0.274. The zero-order valence-electron chi connectivity index (χ0n) is 16.1. The van der Waals surface area contributed by atoms with Gasteiger partial charge >= 0.3 is 6.36 Å². The van der Waals surface area contributed by atoms with Crippen molar-refractivity contribution in [1.29, 1.82) is 0 Å². The van der Waals surface area contributed by atoms with Crippen LogP contribution in [-0.2, 0) is 9.59 Å². The highest BCUT2D eigenvalue weighted by atomic mass is 32.2. The molecule has 0 unspecified atom stereocenters. The normalized spacial score (nSPS) is 14.3. The molecule has 4 nitrogen and oxygen atoms in total. The van der Waals surface area contributed by atoms with E-state index in [1.54, 1.807) is 30.3 Å². The van der Waals surface area contributed by atoms with E-state index >= 15 is 0 Å². The molecule has 4 rings (SSSR count). The van der Waals surface area contributed by atoms with E-state index in [1.165, 1.54) is 24.3 Å². The number of carbonyl (C=O) groups excluding carboxylic acids is 2. The van der Waals surface area contributed by atoms with E-state index in [0.29, 0.717) is 10.5 Å². The molecule has 0 spiro atoms. The molecular formula is C23H13F4NO3S. The van der Waals surface area contributed by atoms with Gasteiger partial charge < -0.3 is 4.74 Å². The maximum Gasteiger partial charge on any atom is 0.573 e. The number of amides is 2. The second-order valence-electron chi connectivity index (χ2n) is 6.62. The number of halogens is 4. The average molecular weight is 459 g/mol. The Morgan fingerprint density at radius 3 is 2.16 bits per heavy atom. The first-order valence-electron chi connectivity index (χ1n) is 9.20. The van der Waals surface area contributed by atoms with E-state index in [4.69, 9.17) is 0 Å². The van der Waals surface area contributed by atoms with Crippen molar-refractivity contribution in [2.24, 2.45) is 0 Å². The standard InChI is InChI=1S/C23H13F4NO3S/c24-15-11-9-14(10-12-15)19-20(32-18-7-2-1-3-8-18)22(30)28(21(19)29)16-5-4-6-17(13-16)31-23(25,26)27/h1-13H. The van der Waals surface area contributed by atoms with Crippen molar-refractivity contribution >= 4 is 34.8 Å². The van der Waals surface area contributed by atoms with E-state index in [1.807, 2.05) is 0 Å². The van der Waals surface area contributed by atoms with Crippen molar-refractivity contribution in [3.05, 3.63) is 95.1 Å². The number of hydrogen-bond donors (Lipinski definition) is 0. The number of thioether (sulfide) groups is 1. The van der Waals surface area contributed by atoms with E-state index < -0.39 is 29.7 Å². The Bertz CT molecular complexity index is 1210. The molecule has 0 aromatic heterocycles. The molecule has 3 aromatic rings. The molecule has 2 amide bonds. The van der Waals surface area contributed by atoms with E-state index in [0.717, 1.165) is 40.9 Å². The average Bonchev–Trinajstić information content (AvgIpc) is 2.98. The second-order valence-corrected chi connectivity index (χ2v) is 7.70. The largest absolute Gasteiger partial charge is 0.573 e. The first kappa shape index (κ1) is 21.6. The van der Waals surface area contributed by atoms with Gasteiger partial charge in [-0.3, -0.25) is 9.59 Å². The summed E-state index contributed by atoms with van der Waals surface area (Å²) in [6.45, 7) is 0. The van der Waals surface area contributed by atoms with Gasteiger partial charge in [-0.05, 0) is 42.0 Å². The van der Waals surface area contributed by atoms with Crippen molar-refractivity contribution in [3.8, 4) is 5.75 Å². The quantitative estimate of drug-likeness (QED) is 0.357. The van der Waals surface area contributed by atoms with Gasteiger partial charge in [0.05, 0.1) is 16.2 Å². The van der Waals surface area contributed by atoms with Crippen LogP contribution in [0.2, 0.25) is 0 Å². The highest BCUT2D eigenvalue weighted by Crippen LogP contribution is 2.42. The van der Waals surface area contributed by atoms with Crippen molar-refractivity contribution in [2.75, 3.05) is 4.90 Å². The highest BCUT2D eigenvalue weighted by molar-refractivity contribution is 8.04. The van der Waals surface area contributed by atoms with Crippen molar-refractivity contribution in [2.45, 2.75) is 11.3 Å². The lowest BCUT2D eigenvalue weighted by atomic mass is 10.1. The molecule has 0 bridgehead atoms. The first-order chi connectivity index (χ1) is 15.2. The van der Waals surface area contributed by atoms with E-state index in [2.05, 4.69) is 4.74 Å². The summed E-state index contributed by atoms with van der Waals surface area (Å²) in [6.07, 6.45) is -4.93. The van der Waals surface area contributed by atoms with Crippen LogP contribution in [0.5, 0.6) is 5.75 Å². The van der Waals surface area contributed by atoms with Crippen molar-refractivity contribution in [1.82, 2.24) is 0 Å². The van der Waals surface area contributed by atoms with Gasteiger partial charge in [0.2, 0.25) is 0 Å². The number of alkyl halides is 3. The van der Waals surface area contributed by atoms with Gasteiger partial charge in [0.1, 0.15) is 11.6 Å². The van der Waals surface area contributed by atoms with Gasteiger partial charge in [0.15, 0.2) is 0 Å². The van der Waals surface area contributed by atoms with Gasteiger partial charge in [-0.2, -0.15) is 0 Å². The molecule has 3 aromatic carbocycles. The molecule has 0 radical (unpaired) electrons. The maximum atomic E-state index is 13.4. The fourth-order valence-corrected chi connectivity index (χ4v) is 4.15. The molecule has 0 saturated carbocycles. The van der Waals surface area contributed by atoms with Crippen LogP contribution in [0.4, 0.5) is 23.2 Å². The Morgan fingerprint density at radius 1 is 0.812 bits per heavy atom. The molecule has 9 heteroatoms. The second kappa shape index (κ2) is 8.51. The number of hydrogen-bond acceptors (Lipinski definition) is 4. The molecule has 0 atom stereocenters. The molecule has 1 aliphatic rings. The van der Waals surface area contributed by atoms with Crippen LogP contribution in [0.1, 0.15) is 5.56 Å². The Morgan fingerprint density at radius 2 is 1.50 bits per heavy atom. The molecule has 162 valence electrons. The zero-order valence-corrected chi connectivity index (χ0v) is 16.9. The maximum absolute atomic E-state index is 13.4. The third-order valence-electron chi connectivity index (χ3n) is 4.45. The summed E-state index contributed by atoms with van der Waals surface area (Å²) in [4.78, 5) is 28.1. The summed E-state index contributed by atoms with van der Waals surface area (Å²) >= 11 is 1.05. The van der Waals surface area contributed by atoms with Crippen LogP contribution in [0.25, 0.3) is 5.57 Å². The summed E-state index contributed by atoms with van der Waals surface area (Å²) in [5.74, 6) is -2.52. The van der Waals surface area contributed by atoms with Crippen LogP contribution < -0.4 is 9.64 Å². The Kier molecular flexibility index (Phi) is 5.75.